The lowest BCUT2D eigenvalue weighted by Gasteiger charge is -2.20. The van der Waals surface area contributed by atoms with Crippen LogP contribution in [0.4, 0.5) is 5.69 Å². The minimum absolute atomic E-state index is 0.225. The summed E-state index contributed by atoms with van der Waals surface area (Å²) in [5.41, 5.74) is 1.15. The van der Waals surface area contributed by atoms with Crippen LogP contribution < -0.4 is 10.1 Å². The van der Waals surface area contributed by atoms with E-state index < -0.39 is 0 Å². The number of hydrazone groups is 1. The first-order chi connectivity index (χ1) is 14.1. The van der Waals surface area contributed by atoms with Gasteiger partial charge in [-0.2, -0.15) is 5.10 Å². The van der Waals surface area contributed by atoms with Crippen molar-refractivity contribution >= 4 is 23.2 Å². The SMILES string of the molecule is CC(=O)Nc1ccccc1OCC(=O)N1N=C(c2ccco2)CC1c1ccco1. The summed E-state index contributed by atoms with van der Waals surface area (Å²) >= 11 is 0. The molecule has 8 heteroatoms. The fourth-order valence-corrected chi connectivity index (χ4v) is 3.13. The number of para-hydroxylation sites is 2. The van der Waals surface area contributed by atoms with E-state index >= 15 is 0 Å². The molecule has 1 aliphatic heterocycles. The lowest BCUT2D eigenvalue weighted by atomic mass is 10.1. The van der Waals surface area contributed by atoms with Gasteiger partial charge in [0.05, 0.1) is 18.2 Å². The van der Waals surface area contributed by atoms with Gasteiger partial charge in [0.2, 0.25) is 5.91 Å². The fourth-order valence-electron chi connectivity index (χ4n) is 3.13. The molecule has 0 saturated carbocycles. The van der Waals surface area contributed by atoms with E-state index in [1.165, 1.54) is 11.9 Å². The van der Waals surface area contributed by atoms with E-state index in [1.807, 2.05) is 0 Å². The van der Waals surface area contributed by atoms with Crippen molar-refractivity contribution in [3.63, 3.8) is 0 Å². The smallest absolute Gasteiger partial charge is 0.281 e. The highest BCUT2D eigenvalue weighted by Gasteiger charge is 2.35. The van der Waals surface area contributed by atoms with Gasteiger partial charge in [-0.3, -0.25) is 9.59 Å². The van der Waals surface area contributed by atoms with Crippen LogP contribution >= 0.6 is 0 Å². The van der Waals surface area contributed by atoms with E-state index in [-0.39, 0.29) is 24.5 Å². The molecule has 2 amide bonds. The van der Waals surface area contributed by atoms with Gasteiger partial charge in [-0.05, 0) is 36.4 Å². The molecule has 3 aromatic rings. The largest absolute Gasteiger partial charge is 0.482 e. The summed E-state index contributed by atoms with van der Waals surface area (Å²) in [5.74, 6) is 1.07. The highest BCUT2D eigenvalue weighted by Crippen LogP contribution is 2.33. The van der Waals surface area contributed by atoms with Gasteiger partial charge in [-0.15, -0.1) is 0 Å². The Morgan fingerprint density at radius 3 is 2.66 bits per heavy atom. The summed E-state index contributed by atoms with van der Waals surface area (Å²) in [6.45, 7) is 1.16. The molecule has 1 aliphatic rings. The third kappa shape index (κ3) is 4.06. The van der Waals surface area contributed by atoms with E-state index in [9.17, 15) is 9.59 Å². The average molecular weight is 393 g/mol. The van der Waals surface area contributed by atoms with Crippen molar-refractivity contribution in [2.75, 3.05) is 11.9 Å². The molecule has 0 fully saturated rings. The number of amides is 2. The Labute approximate surface area is 166 Å². The van der Waals surface area contributed by atoms with Crippen molar-refractivity contribution in [3.05, 3.63) is 72.6 Å². The zero-order chi connectivity index (χ0) is 20.2. The van der Waals surface area contributed by atoms with E-state index in [4.69, 9.17) is 13.6 Å². The van der Waals surface area contributed by atoms with Gasteiger partial charge >= 0.3 is 0 Å². The molecule has 3 heterocycles. The van der Waals surface area contributed by atoms with Gasteiger partial charge in [0.1, 0.15) is 29.0 Å². The first-order valence-electron chi connectivity index (χ1n) is 9.08. The van der Waals surface area contributed by atoms with Gasteiger partial charge in [0.25, 0.3) is 5.91 Å². The molecule has 0 spiro atoms. The lowest BCUT2D eigenvalue weighted by molar-refractivity contribution is -0.135. The maximum Gasteiger partial charge on any atom is 0.281 e. The number of anilines is 1. The van der Waals surface area contributed by atoms with E-state index in [1.54, 1.807) is 61.1 Å². The standard InChI is InChI=1S/C21H19N3O5/c1-14(25)22-15-6-2-3-7-18(15)29-13-21(26)24-17(20-9-5-11-28-20)12-16(23-24)19-8-4-10-27-19/h2-11,17H,12-13H2,1H3,(H,22,25). The number of hydrogen-bond acceptors (Lipinski definition) is 6. The van der Waals surface area contributed by atoms with Crippen molar-refractivity contribution in [1.82, 2.24) is 5.01 Å². The summed E-state index contributed by atoms with van der Waals surface area (Å²) in [6.07, 6.45) is 3.59. The number of rotatable bonds is 6. The Morgan fingerprint density at radius 2 is 1.93 bits per heavy atom. The molecule has 4 rings (SSSR count). The van der Waals surface area contributed by atoms with Crippen LogP contribution in [0.3, 0.4) is 0 Å². The van der Waals surface area contributed by atoms with Crippen molar-refractivity contribution in [3.8, 4) is 5.75 Å². The topological polar surface area (TPSA) is 97.3 Å². The van der Waals surface area contributed by atoms with E-state index in [2.05, 4.69) is 10.4 Å². The van der Waals surface area contributed by atoms with Crippen molar-refractivity contribution in [2.45, 2.75) is 19.4 Å². The second-order valence-electron chi connectivity index (χ2n) is 6.46. The Balaban J connectivity index is 1.52. The summed E-state index contributed by atoms with van der Waals surface area (Å²) in [7, 11) is 0. The number of ether oxygens (including phenoxy) is 1. The second kappa shape index (κ2) is 8.05. The molecule has 0 saturated heterocycles. The highest BCUT2D eigenvalue weighted by molar-refractivity contribution is 6.01. The van der Waals surface area contributed by atoms with Crippen LogP contribution in [0.5, 0.6) is 5.75 Å². The molecule has 0 aliphatic carbocycles. The lowest BCUT2D eigenvalue weighted by Crippen LogP contribution is -2.31. The molecule has 1 aromatic carbocycles. The Morgan fingerprint density at radius 1 is 1.14 bits per heavy atom. The van der Waals surface area contributed by atoms with Crippen LogP contribution in [-0.2, 0) is 9.59 Å². The van der Waals surface area contributed by atoms with Crippen molar-refractivity contribution in [1.29, 1.82) is 0 Å². The maximum atomic E-state index is 12.9. The van der Waals surface area contributed by atoms with Crippen LogP contribution in [0.1, 0.15) is 30.9 Å². The minimum atomic E-state index is -0.383. The predicted octanol–water partition coefficient (Wildman–Crippen LogP) is 3.59. The fraction of sp³-hybridized carbons (Fsp3) is 0.190. The van der Waals surface area contributed by atoms with E-state index in [0.29, 0.717) is 35.1 Å². The number of carbonyl (C=O) groups excluding carboxylic acids is 2. The Kier molecular flexibility index (Phi) is 5.15. The minimum Gasteiger partial charge on any atom is -0.482 e. The Hall–Kier alpha value is -3.81. The monoisotopic (exact) mass is 393 g/mol. The molecule has 29 heavy (non-hydrogen) atoms. The van der Waals surface area contributed by atoms with Crippen LogP contribution in [0, 0.1) is 0 Å². The Bertz CT molecular complexity index is 1020. The van der Waals surface area contributed by atoms with Crippen LogP contribution in [0.15, 0.2) is 75.0 Å². The number of nitrogens with one attached hydrogen (secondary N) is 1. The molecule has 0 bridgehead atoms. The number of nitrogens with zero attached hydrogens (tertiary/aromatic N) is 2. The van der Waals surface area contributed by atoms with Gasteiger partial charge in [0.15, 0.2) is 6.61 Å². The first kappa shape index (κ1) is 18.5. The van der Waals surface area contributed by atoms with Crippen LogP contribution in [0.2, 0.25) is 0 Å². The van der Waals surface area contributed by atoms with Crippen LogP contribution in [-0.4, -0.2) is 29.1 Å². The van der Waals surface area contributed by atoms with Gasteiger partial charge in [-0.25, -0.2) is 5.01 Å². The summed E-state index contributed by atoms with van der Waals surface area (Å²) in [4.78, 5) is 24.3. The molecule has 2 aromatic heterocycles. The second-order valence-corrected chi connectivity index (χ2v) is 6.46. The molecule has 148 valence electrons. The maximum absolute atomic E-state index is 12.9. The molecule has 0 radical (unpaired) electrons. The number of hydrogen-bond donors (Lipinski definition) is 1. The van der Waals surface area contributed by atoms with Crippen molar-refractivity contribution in [2.24, 2.45) is 5.10 Å². The zero-order valence-corrected chi connectivity index (χ0v) is 15.7. The first-order valence-corrected chi connectivity index (χ1v) is 9.08. The highest BCUT2D eigenvalue weighted by atomic mass is 16.5. The van der Waals surface area contributed by atoms with Gasteiger partial charge in [0, 0.05) is 13.3 Å². The average Bonchev–Trinajstić information content (AvgIpc) is 3.47. The molecular weight excluding hydrogens is 374 g/mol. The summed E-state index contributed by atoms with van der Waals surface area (Å²) in [5, 5.41) is 8.49. The summed E-state index contributed by atoms with van der Waals surface area (Å²) < 4.78 is 16.6. The molecule has 1 atom stereocenters. The van der Waals surface area contributed by atoms with E-state index in [0.717, 1.165) is 0 Å². The molecule has 1 N–H and O–H groups in total. The number of benzene rings is 1. The van der Waals surface area contributed by atoms with Gasteiger partial charge in [-0.1, -0.05) is 12.1 Å². The van der Waals surface area contributed by atoms with Crippen LogP contribution in [0.25, 0.3) is 0 Å². The normalized spacial score (nSPS) is 15.8. The molecular formula is C21H19N3O5. The molecule has 1 unspecified atom stereocenters. The zero-order valence-electron chi connectivity index (χ0n) is 15.7. The third-order valence-electron chi connectivity index (χ3n) is 4.39. The quantitative estimate of drug-likeness (QED) is 0.690. The third-order valence-corrected chi connectivity index (χ3v) is 4.39. The van der Waals surface area contributed by atoms with Gasteiger partial charge < -0.3 is 18.9 Å². The number of carbonyl (C=O) groups is 2. The molecule has 8 nitrogen and oxygen atoms in total. The predicted molar refractivity (Wildman–Crippen MR) is 104 cm³/mol. The van der Waals surface area contributed by atoms with Crippen molar-refractivity contribution < 1.29 is 23.2 Å². The summed E-state index contributed by atoms with van der Waals surface area (Å²) in [6, 6.07) is 13.7. The number of furan rings is 2.